The third-order valence-electron chi connectivity index (χ3n) is 4.53. The molecule has 1 amide bonds. The van der Waals surface area contributed by atoms with Gasteiger partial charge in [0.2, 0.25) is 11.9 Å². The summed E-state index contributed by atoms with van der Waals surface area (Å²) >= 11 is 0. The number of benzene rings is 2. The molecule has 1 saturated carbocycles. The molecule has 8 nitrogen and oxygen atoms in total. The summed E-state index contributed by atoms with van der Waals surface area (Å²) in [6.07, 6.45) is 5.20. The number of carbonyl (C=O) groups is 1. The molecule has 1 aliphatic rings. The zero-order valence-corrected chi connectivity index (χ0v) is 17.1. The Kier molecular flexibility index (Phi) is 5.98. The van der Waals surface area contributed by atoms with Crippen LogP contribution in [0.4, 0.5) is 23.0 Å². The first kappa shape index (κ1) is 20.2. The summed E-state index contributed by atoms with van der Waals surface area (Å²) in [7, 11) is 1.52. The summed E-state index contributed by atoms with van der Waals surface area (Å²) in [6, 6.07) is 15.5. The summed E-state index contributed by atoms with van der Waals surface area (Å²) in [5, 5.41) is 9.31. The zero-order valence-electron chi connectivity index (χ0n) is 17.1. The Labute approximate surface area is 180 Å². The number of rotatable bonds is 9. The summed E-state index contributed by atoms with van der Waals surface area (Å²) in [6.45, 7) is 3.45. The molecule has 4 rings (SSSR count). The smallest absolute Gasteiger partial charge is 0.267 e. The molecule has 1 heterocycles. The highest BCUT2D eigenvalue weighted by molar-refractivity contribution is 5.98. The average molecular weight is 417 g/mol. The molecule has 3 aromatic rings. The van der Waals surface area contributed by atoms with Crippen LogP contribution in [0.25, 0.3) is 0 Å². The van der Waals surface area contributed by atoms with E-state index in [2.05, 4.69) is 32.5 Å². The van der Waals surface area contributed by atoms with Crippen molar-refractivity contribution in [2.75, 3.05) is 23.1 Å². The van der Waals surface area contributed by atoms with Gasteiger partial charge in [0.1, 0.15) is 5.75 Å². The van der Waals surface area contributed by atoms with Crippen molar-refractivity contribution in [1.29, 1.82) is 0 Å². The zero-order chi connectivity index (χ0) is 21.6. The van der Waals surface area contributed by atoms with Crippen LogP contribution in [-0.2, 0) is 4.79 Å². The fraction of sp³-hybridized carbons (Fsp3) is 0.174. The van der Waals surface area contributed by atoms with Crippen molar-refractivity contribution >= 4 is 28.9 Å². The largest absolute Gasteiger partial charge is 0.490 e. The lowest BCUT2D eigenvalue weighted by molar-refractivity contribution is -0.111. The van der Waals surface area contributed by atoms with E-state index in [-0.39, 0.29) is 11.8 Å². The average Bonchev–Trinajstić information content (AvgIpc) is 3.60. The number of aromatic nitrogens is 2. The number of nitrogens with zero attached hydrogens (tertiary/aromatic N) is 2. The predicted molar refractivity (Wildman–Crippen MR) is 120 cm³/mol. The third-order valence-corrected chi connectivity index (χ3v) is 4.53. The van der Waals surface area contributed by atoms with Crippen molar-refractivity contribution in [1.82, 2.24) is 9.97 Å². The summed E-state index contributed by atoms with van der Waals surface area (Å²) in [4.78, 5) is 20.2. The Balaban J connectivity index is 1.49. The van der Waals surface area contributed by atoms with E-state index in [1.165, 1.54) is 32.2 Å². The highest BCUT2D eigenvalue weighted by Gasteiger charge is 2.20. The minimum absolute atomic E-state index is 0.249. The molecular weight excluding hydrogens is 394 g/mol. The van der Waals surface area contributed by atoms with E-state index >= 15 is 0 Å². The quantitative estimate of drug-likeness (QED) is 0.433. The van der Waals surface area contributed by atoms with Crippen molar-refractivity contribution in [3.05, 3.63) is 67.4 Å². The van der Waals surface area contributed by atoms with Crippen LogP contribution in [-0.4, -0.2) is 29.0 Å². The summed E-state index contributed by atoms with van der Waals surface area (Å²) in [5.74, 6) is 1.19. The van der Waals surface area contributed by atoms with Crippen LogP contribution in [0.3, 0.4) is 0 Å². The molecule has 1 aromatic heterocycles. The number of nitrogens with one attached hydrogen (secondary N) is 3. The van der Waals surface area contributed by atoms with Crippen LogP contribution < -0.4 is 25.4 Å². The molecule has 2 aromatic carbocycles. The van der Waals surface area contributed by atoms with Gasteiger partial charge in [0.25, 0.3) is 5.88 Å². The molecule has 1 fully saturated rings. The first-order valence-corrected chi connectivity index (χ1v) is 9.89. The van der Waals surface area contributed by atoms with Crippen LogP contribution in [0.1, 0.15) is 12.8 Å². The minimum atomic E-state index is -0.304. The van der Waals surface area contributed by atoms with Gasteiger partial charge in [-0.3, -0.25) is 4.79 Å². The molecule has 0 aliphatic heterocycles. The first-order chi connectivity index (χ1) is 15.1. The third kappa shape index (κ3) is 5.51. The van der Waals surface area contributed by atoms with Crippen LogP contribution in [0.2, 0.25) is 0 Å². The Hall–Kier alpha value is -4.07. The summed E-state index contributed by atoms with van der Waals surface area (Å²) < 4.78 is 11.2. The highest BCUT2D eigenvalue weighted by atomic mass is 16.5. The number of hydrogen-bond donors (Lipinski definition) is 3. The van der Waals surface area contributed by atoms with Crippen molar-refractivity contribution in [3.63, 3.8) is 0 Å². The van der Waals surface area contributed by atoms with Crippen LogP contribution in [0.5, 0.6) is 17.4 Å². The van der Waals surface area contributed by atoms with Gasteiger partial charge in [0.15, 0.2) is 5.75 Å². The molecule has 158 valence electrons. The second kappa shape index (κ2) is 9.17. The Morgan fingerprint density at radius 3 is 2.61 bits per heavy atom. The monoisotopic (exact) mass is 417 g/mol. The summed E-state index contributed by atoms with van der Waals surface area (Å²) in [5.41, 5.74) is 2.52. The van der Waals surface area contributed by atoms with Gasteiger partial charge >= 0.3 is 0 Å². The van der Waals surface area contributed by atoms with Gasteiger partial charge in [-0.25, -0.2) is 4.98 Å². The molecule has 0 radical (unpaired) electrons. The number of ether oxygens (including phenoxy) is 2. The second-order valence-corrected chi connectivity index (χ2v) is 7.01. The predicted octanol–water partition coefficient (Wildman–Crippen LogP) is 4.72. The standard InChI is InChI=1S/C23H23N5O3/c1-3-21(29)26-18-5-4-6-19(13-18)31-22-20(30-2)14-24-23(28-22)27-17-11-9-16(10-12-17)25-15-7-8-15/h3-6,9-15,25H,1,7-8H2,2H3,(H,26,29)(H,24,27,28). The van der Waals surface area contributed by atoms with Gasteiger partial charge in [-0.1, -0.05) is 12.6 Å². The van der Waals surface area contributed by atoms with Crippen molar-refractivity contribution in [2.24, 2.45) is 0 Å². The van der Waals surface area contributed by atoms with E-state index in [9.17, 15) is 4.79 Å². The number of amides is 1. The second-order valence-electron chi connectivity index (χ2n) is 7.01. The van der Waals surface area contributed by atoms with Gasteiger partial charge in [0, 0.05) is 29.2 Å². The molecule has 0 bridgehead atoms. The van der Waals surface area contributed by atoms with E-state index in [1.54, 1.807) is 24.3 Å². The molecule has 3 N–H and O–H groups in total. The molecule has 0 unspecified atom stereocenters. The molecule has 31 heavy (non-hydrogen) atoms. The van der Waals surface area contributed by atoms with Crippen molar-refractivity contribution < 1.29 is 14.3 Å². The highest BCUT2D eigenvalue weighted by Crippen LogP contribution is 2.31. The fourth-order valence-electron chi connectivity index (χ4n) is 2.81. The van der Waals surface area contributed by atoms with E-state index in [1.807, 2.05) is 24.3 Å². The maximum Gasteiger partial charge on any atom is 0.267 e. The Morgan fingerprint density at radius 2 is 1.90 bits per heavy atom. The molecule has 0 saturated heterocycles. The Bertz CT molecular complexity index is 1080. The van der Waals surface area contributed by atoms with Gasteiger partial charge in [0.05, 0.1) is 13.3 Å². The fourth-order valence-corrected chi connectivity index (χ4v) is 2.81. The molecule has 0 spiro atoms. The minimum Gasteiger partial charge on any atom is -0.490 e. The topological polar surface area (TPSA) is 97.4 Å². The van der Waals surface area contributed by atoms with Crippen LogP contribution in [0.15, 0.2) is 67.4 Å². The number of methoxy groups -OCH3 is 1. The van der Waals surface area contributed by atoms with Crippen LogP contribution >= 0.6 is 0 Å². The van der Waals surface area contributed by atoms with Gasteiger partial charge in [-0.2, -0.15) is 4.98 Å². The normalized spacial score (nSPS) is 12.5. The number of carbonyl (C=O) groups excluding carboxylic acids is 1. The van der Waals surface area contributed by atoms with Gasteiger partial charge in [-0.05, 0) is 55.3 Å². The lowest BCUT2D eigenvalue weighted by Gasteiger charge is -2.12. The maximum absolute atomic E-state index is 11.5. The van der Waals surface area contributed by atoms with E-state index in [0.29, 0.717) is 29.2 Å². The van der Waals surface area contributed by atoms with Gasteiger partial charge < -0.3 is 25.4 Å². The first-order valence-electron chi connectivity index (χ1n) is 9.89. The van der Waals surface area contributed by atoms with E-state index in [4.69, 9.17) is 9.47 Å². The molecular formula is C23H23N5O3. The Morgan fingerprint density at radius 1 is 1.13 bits per heavy atom. The van der Waals surface area contributed by atoms with E-state index in [0.717, 1.165) is 11.4 Å². The lowest BCUT2D eigenvalue weighted by Crippen LogP contribution is -2.07. The SMILES string of the molecule is C=CC(=O)Nc1cccc(Oc2nc(Nc3ccc(NC4CC4)cc3)ncc2OC)c1. The molecule has 1 aliphatic carbocycles. The lowest BCUT2D eigenvalue weighted by atomic mass is 10.3. The maximum atomic E-state index is 11.5. The molecule has 0 atom stereocenters. The number of anilines is 4. The van der Waals surface area contributed by atoms with E-state index < -0.39 is 0 Å². The molecule has 8 heteroatoms. The van der Waals surface area contributed by atoms with Crippen molar-refractivity contribution in [3.8, 4) is 17.4 Å². The van der Waals surface area contributed by atoms with Crippen molar-refractivity contribution in [2.45, 2.75) is 18.9 Å². The van der Waals surface area contributed by atoms with Crippen LogP contribution in [0, 0.1) is 0 Å². The number of hydrogen-bond acceptors (Lipinski definition) is 7. The van der Waals surface area contributed by atoms with Gasteiger partial charge in [-0.15, -0.1) is 0 Å².